The molecular weight excluding hydrogens is 474 g/mol. The van der Waals surface area contributed by atoms with Crippen LogP contribution in [0, 0.1) is 18.3 Å². The normalized spacial score (nSPS) is 20.2. The molecule has 0 fully saturated rings. The van der Waals surface area contributed by atoms with E-state index in [1.54, 1.807) is 0 Å². The summed E-state index contributed by atoms with van der Waals surface area (Å²) in [4.78, 5) is 0. The van der Waals surface area contributed by atoms with Gasteiger partial charge in [0.05, 0.1) is 0 Å². The average molecular weight is 503 g/mol. The average Bonchev–Trinajstić information content (AvgIpc) is 3.22. The van der Waals surface area contributed by atoms with Crippen molar-refractivity contribution >= 4 is 0 Å². The van der Waals surface area contributed by atoms with Crippen LogP contribution in [0.2, 0.25) is 0 Å². The minimum atomic E-state index is 0. The molecule has 0 bridgehead atoms. The Balaban J connectivity index is 0.00000140. The zero-order chi connectivity index (χ0) is 18.3. The summed E-state index contributed by atoms with van der Waals surface area (Å²) in [6, 6.07) is 15.9. The summed E-state index contributed by atoms with van der Waals surface area (Å²) in [5.41, 5.74) is 8.79. The standard InChI is InChI=1S/C26H28.2ClH.Zr/c1-5-6-16-26(4,20-15-14-18(2)17-20)25-22-12-8-7-11-21(22)24-19(3)10-9-13-23(24)25;;;/h5,7-15,17,20,25H,1,6,16H2,2-4H3;2*1H;/q;;;+2/p-2. The first kappa shape index (κ1) is 26.2. The maximum atomic E-state index is 4.00. The molecule has 2 aromatic carbocycles. The van der Waals surface area contributed by atoms with Crippen molar-refractivity contribution in [2.75, 3.05) is 0 Å². The van der Waals surface area contributed by atoms with E-state index in [1.807, 2.05) is 0 Å². The molecule has 3 heteroatoms. The first-order chi connectivity index (χ1) is 12.6. The second kappa shape index (κ2) is 10.4. The largest absolute Gasteiger partial charge is 2.00 e. The Labute approximate surface area is 207 Å². The molecule has 2 aromatic rings. The van der Waals surface area contributed by atoms with Crippen LogP contribution in [-0.2, 0) is 26.2 Å². The fourth-order valence-electron chi connectivity index (χ4n) is 5.13. The molecule has 2 aliphatic carbocycles. The number of fused-ring (bicyclic) bond motifs is 3. The van der Waals surface area contributed by atoms with E-state index in [1.165, 1.54) is 33.4 Å². The minimum Gasteiger partial charge on any atom is -1.00 e. The molecule has 0 saturated carbocycles. The van der Waals surface area contributed by atoms with Crippen molar-refractivity contribution in [3.8, 4) is 11.1 Å². The van der Waals surface area contributed by atoms with Crippen molar-refractivity contribution in [3.05, 3.63) is 95.6 Å². The van der Waals surface area contributed by atoms with Crippen LogP contribution in [0.1, 0.15) is 49.3 Å². The summed E-state index contributed by atoms with van der Waals surface area (Å²) >= 11 is 0. The van der Waals surface area contributed by atoms with Gasteiger partial charge in [0.2, 0.25) is 0 Å². The molecule has 2 aliphatic rings. The third kappa shape index (κ3) is 4.44. The van der Waals surface area contributed by atoms with Gasteiger partial charge >= 0.3 is 26.2 Å². The molecule has 29 heavy (non-hydrogen) atoms. The van der Waals surface area contributed by atoms with E-state index >= 15 is 0 Å². The van der Waals surface area contributed by atoms with Gasteiger partial charge in [-0.05, 0) is 59.9 Å². The Morgan fingerprint density at radius 1 is 1.00 bits per heavy atom. The van der Waals surface area contributed by atoms with Gasteiger partial charge in [-0.15, -0.1) is 6.58 Å². The van der Waals surface area contributed by atoms with Crippen molar-refractivity contribution in [1.82, 2.24) is 0 Å². The van der Waals surface area contributed by atoms with Gasteiger partial charge in [-0.25, -0.2) is 0 Å². The van der Waals surface area contributed by atoms with Crippen molar-refractivity contribution in [3.63, 3.8) is 0 Å². The fraction of sp³-hybridized carbons (Fsp3) is 0.308. The van der Waals surface area contributed by atoms with Crippen LogP contribution < -0.4 is 24.8 Å². The number of rotatable bonds is 5. The quantitative estimate of drug-likeness (QED) is 0.540. The van der Waals surface area contributed by atoms with Crippen LogP contribution in [0.5, 0.6) is 0 Å². The molecular formula is C26H28Cl2Zr. The number of halogens is 2. The van der Waals surface area contributed by atoms with E-state index in [0.717, 1.165) is 12.8 Å². The summed E-state index contributed by atoms with van der Waals surface area (Å²) in [6.45, 7) is 10.9. The molecule has 3 atom stereocenters. The van der Waals surface area contributed by atoms with Crippen LogP contribution in [0.4, 0.5) is 0 Å². The Kier molecular flexibility index (Phi) is 9.41. The molecule has 3 unspecified atom stereocenters. The summed E-state index contributed by atoms with van der Waals surface area (Å²) in [7, 11) is 0. The molecule has 0 N–H and O–H groups in total. The summed E-state index contributed by atoms with van der Waals surface area (Å²) in [5, 5.41) is 0. The molecule has 0 heterocycles. The van der Waals surface area contributed by atoms with E-state index in [-0.39, 0.29) is 56.4 Å². The van der Waals surface area contributed by atoms with Gasteiger partial charge < -0.3 is 24.8 Å². The summed E-state index contributed by atoms with van der Waals surface area (Å²) in [6.07, 6.45) is 11.4. The summed E-state index contributed by atoms with van der Waals surface area (Å²) < 4.78 is 0. The Hall–Kier alpha value is -0.877. The van der Waals surface area contributed by atoms with Gasteiger partial charge in [-0.2, -0.15) is 0 Å². The molecule has 0 aliphatic heterocycles. The molecule has 0 amide bonds. The zero-order valence-corrected chi connectivity index (χ0v) is 21.4. The maximum absolute atomic E-state index is 4.00. The molecule has 0 spiro atoms. The molecule has 0 saturated heterocycles. The van der Waals surface area contributed by atoms with E-state index < -0.39 is 0 Å². The van der Waals surface area contributed by atoms with E-state index in [2.05, 4.69) is 94.1 Å². The maximum Gasteiger partial charge on any atom is 2.00 e. The number of allylic oxidation sites excluding steroid dienone is 5. The topological polar surface area (TPSA) is 0 Å². The molecule has 0 aromatic heterocycles. The van der Waals surface area contributed by atoms with Crippen LogP contribution in [0.3, 0.4) is 0 Å². The first-order valence-electron chi connectivity index (χ1n) is 9.72. The SMILES string of the molecule is C=CCCC(C)(C1C=CC(C)=C1)C1c2ccccc2-c2c(C)cccc21.[Cl-].[Cl-].[Zr+2]. The van der Waals surface area contributed by atoms with Crippen molar-refractivity contribution in [2.24, 2.45) is 11.3 Å². The minimum absolute atomic E-state index is 0. The number of hydrogen-bond acceptors (Lipinski definition) is 0. The van der Waals surface area contributed by atoms with Gasteiger partial charge in [-0.1, -0.05) is 79.3 Å². The van der Waals surface area contributed by atoms with Crippen LogP contribution >= 0.6 is 0 Å². The van der Waals surface area contributed by atoms with Gasteiger partial charge in [0.1, 0.15) is 0 Å². The molecule has 4 rings (SSSR count). The van der Waals surface area contributed by atoms with E-state index in [0.29, 0.717) is 11.8 Å². The zero-order valence-electron chi connectivity index (χ0n) is 17.4. The van der Waals surface area contributed by atoms with E-state index in [9.17, 15) is 0 Å². The Bertz CT molecular complexity index is 928. The van der Waals surface area contributed by atoms with Gasteiger partial charge in [-0.3, -0.25) is 0 Å². The molecule has 0 radical (unpaired) electrons. The molecule has 150 valence electrons. The van der Waals surface area contributed by atoms with Crippen LogP contribution in [0.25, 0.3) is 11.1 Å². The monoisotopic (exact) mass is 500 g/mol. The number of aryl methyl sites for hydroxylation is 1. The first-order valence-corrected chi connectivity index (χ1v) is 9.72. The van der Waals surface area contributed by atoms with Gasteiger partial charge in [0.25, 0.3) is 0 Å². The predicted molar refractivity (Wildman–Crippen MR) is 112 cm³/mol. The Morgan fingerprint density at radius 2 is 1.69 bits per heavy atom. The van der Waals surface area contributed by atoms with Gasteiger partial charge in [0, 0.05) is 11.8 Å². The van der Waals surface area contributed by atoms with Crippen molar-refractivity contribution in [1.29, 1.82) is 0 Å². The second-order valence-electron chi connectivity index (χ2n) is 8.19. The number of hydrogen-bond donors (Lipinski definition) is 0. The smallest absolute Gasteiger partial charge is 1.00 e. The third-order valence-corrected chi connectivity index (χ3v) is 6.47. The molecule has 0 nitrogen and oxygen atoms in total. The number of benzene rings is 2. The van der Waals surface area contributed by atoms with E-state index in [4.69, 9.17) is 0 Å². The fourth-order valence-corrected chi connectivity index (χ4v) is 5.13. The second-order valence-corrected chi connectivity index (χ2v) is 8.19. The van der Waals surface area contributed by atoms with Gasteiger partial charge in [0.15, 0.2) is 0 Å². The van der Waals surface area contributed by atoms with Crippen LogP contribution in [0.15, 0.2) is 78.9 Å². The Morgan fingerprint density at radius 3 is 2.34 bits per heavy atom. The van der Waals surface area contributed by atoms with Crippen LogP contribution in [-0.4, -0.2) is 0 Å². The summed E-state index contributed by atoms with van der Waals surface area (Å²) in [5.74, 6) is 0.886. The predicted octanol–water partition coefficient (Wildman–Crippen LogP) is 1.22. The van der Waals surface area contributed by atoms with Crippen molar-refractivity contribution in [2.45, 2.75) is 39.5 Å². The van der Waals surface area contributed by atoms with Crippen molar-refractivity contribution < 1.29 is 51.0 Å². The third-order valence-electron chi connectivity index (χ3n) is 6.47.